The summed E-state index contributed by atoms with van der Waals surface area (Å²) >= 11 is 0. The van der Waals surface area contributed by atoms with Crippen LogP contribution in [0.25, 0.3) is 0 Å². The third kappa shape index (κ3) is 29.5. The Hall–Kier alpha value is -2.45. The normalized spacial score (nSPS) is 22.6. The van der Waals surface area contributed by atoms with Crippen molar-refractivity contribution >= 4 is 19.8 Å². The van der Waals surface area contributed by atoms with Gasteiger partial charge >= 0.3 is 19.8 Å². The van der Waals surface area contributed by atoms with Crippen molar-refractivity contribution < 1.29 is 63.1 Å². The van der Waals surface area contributed by atoms with E-state index >= 15 is 0 Å². The number of allylic oxidation sites excluding steroid dienone is 10. The molecule has 0 aromatic rings. The quantitative estimate of drug-likeness (QED) is 0.0149. The lowest BCUT2D eigenvalue weighted by Gasteiger charge is -2.41. The van der Waals surface area contributed by atoms with Gasteiger partial charge in [0.25, 0.3) is 0 Å². The van der Waals surface area contributed by atoms with Crippen LogP contribution >= 0.6 is 7.82 Å². The number of aliphatic hydroxyl groups is 5. The van der Waals surface area contributed by atoms with Crippen molar-refractivity contribution in [2.45, 2.75) is 211 Å². The largest absolute Gasteiger partial charge is 0.472 e. The molecule has 1 saturated carbocycles. The Morgan fingerprint density at radius 1 is 0.508 bits per heavy atom. The highest BCUT2D eigenvalue weighted by atomic mass is 31.2. The Bertz CT molecular complexity index is 1300. The Morgan fingerprint density at radius 2 is 0.885 bits per heavy atom. The first-order chi connectivity index (χ1) is 29.4. The molecule has 13 nitrogen and oxygen atoms in total. The molecule has 6 N–H and O–H groups in total. The monoisotopic (exact) mass is 885 g/mol. The van der Waals surface area contributed by atoms with Crippen molar-refractivity contribution in [3.63, 3.8) is 0 Å². The zero-order valence-electron chi connectivity index (χ0n) is 37.2. The summed E-state index contributed by atoms with van der Waals surface area (Å²) in [6, 6.07) is 0. The molecule has 1 aliphatic carbocycles. The molecule has 0 aliphatic heterocycles. The Morgan fingerprint density at radius 3 is 1.34 bits per heavy atom. The van der Waals surface area contributed by atoms with Gasteiger partial charge in [0.1, 0.15) is 43.2 Å². The zero-order valence-corrected chi connectivity index (χ0v) is 38.1. The molecule has 0 aromatic carbocycles. The number of carbonyl (C=O) groups excluding carboxylic acids is 2. The van der Waals surface area contributed by atoms with E-state index in [-0.39, 0.29) is 12.8 Å². The van der Waals surface area contributed by atoms with Crippen LogP contribution in [0.1, 0.15) is 168 Å². The molecule has 6 unspecified atom stereocenters. The maximum Gasteiger partial charge on any atom is 0.472 e. The minimum atomic E-state index is -5.13. The summed E-state index contributed by atoms with van der Waals surface area (Å²) in [6.07, 6.45) is 31.2. The highest BCUT2D eigenvalue weighted by Crippen LogP contribution is 2.47. The number of hydrogen-bond acceptors (Lipinski definition) is 12. The third-order valence-electron chi connectivity index (χ3n) is 10.3. The molecule has 14 heteroatoms. The van der Waals surface area contributed by atoms with Gasteiger partial charge in [0.2, 0.25) is 0 Å². The van der Waals surface area contributed by atoms with Gasteiger partial charge in [-0.2, -0.15) is 0 Å². The number of ether oxygens (including phenoxy) is 2. The van der Waals surface area contributed by atoms with Crippen LogP contribution in [0, 0.1) is 0 Å². The molecule has 0 amide bonds. The molecule has 352 valence electrons. The van der Waals surface area contributed by atoms with Crippen molar-refractivity contribution in [2.75, 3.05) is 13.2 Å². The number of unbranched alkanes of at least 4 members (excludes halogenated alkanes) is 15. The van der Waals surface area contributed by atoms with Gasteiger partial charge in [-0.05, 0) is 83.5 Å². The Kier molecular flexibility index (Phi) is 34.3. The standard InChI is InChI=1S/C47H81O13P/c1-3-5-7-9-11-13-15-17-19-20-22-23-25-27-29-31-33-35-40(48)57-37-39(38-58-61(55,56)60-47-45(53)43(51)42(50)44(52)46(47)54)59-41(49)36-34-32-30-28-26-24-21-18-16-14-12-10-8-6-4-2/h11-14,17-19,21-23,39,42-47,50-54H,3-10,15-16,20,24-38H2,1-2H3,(H,55,56)/b13-11-,14-12-,19-17-,21-18-,23-22-/t39-,42?,43-,44?,45?,46?,47?/m1/s1. The SMILES string of the molecule is CCCCC/C=C\C/C=C\C/C=C\CCCCCCC(=O)OC[C@H](COP(=O)(O)OC1C(O)C(O)C(O)[C@@H](O)C1O)OC(=O)CCCCCCC/C=C\C/C=C\CCCCC. The summed E-state index contributed by atoms with van der Waals surface area (Å²) in [5, 5.41) is 50.1. The van der Waals surface area contributed by atoms with Crippen LogP contribution in [0.15, 0.2) is 60.8 Å². The molecule has 0 saturated heterocycles. The van der Waals surface area contributed by atoms with Gasteiger partial charge in [-0.15, -0.1) is 0 Å². The predicted molar refractivity (Wildman–Crippen MR) is 239 cm³/mol. The summed E-state index contributed by atoms with van der Waals surface area (Å²) in [7, 11) is -5.13. The smallest absolute Gasteiger partial charge is 0.462 e. The number of hydrogen-bond donors (Lipinski definition) is 6. The molecular formula is C47H81O13P. The number of carbonyl (C=O) groups is 2. The average Bonchev–Trinajstić information content (AvgIpc) is 3.24. The van der Waals surface area contributed by atoms with E-state index in [2.05, 4.69) is 74.6 Å². The van der Waals surface area contributed by atoms with E-state index < -0.39 is 75.7 Å². The molecular weight excluding hydrogens is 803 g/mol. The van der Waals surface area contributed by atoms with Gasteiger partial charge in [-0.1, -0.05) is 132 Å². The Balaban J connectivity index is 2.49. The maximum atomic E-state index is 12.8. The second kappa shape index (κ2) is 37.0. The summed E-state index contributed by atoms with van der Waals surface area (Å²) in [6.45, 7) is 3.20. The summed E-state index contributed by atoms with van der Waals surface area (Å²) < 4.78 is 33.5. The fourth-order valence-electron chi connectivity index (χ4n) is 6.56. The first-order valence-electron chi connectivity index (χ1n) is 23.1. The third-order valence-corrected chi connectivity index (χ3v) is 11.3. The minimum absolute atomic E-state index is 0.0729. The van der Waals surface area contributed by atoms with E-state index in [1.807, 2.05) is 0 Å². The number of esters is 2. The number of rotatable bonds is 37. The summed E-state index contributed by atoms with van der Waals surface area (Å²) in [5.74, 6) is -1.14. The molecule has 61 heavy (non-hydrogen) atoms. The Labute approximate surface area is 366 Å². The fourth-order valence-corrected chi connectivity index (χ4v) is 7.53. The van der Waals surface area contributed by atoms with Gasteiger partial charge in [0.15, 0.2) is 6.10 Å². The second-order valence-corrected chi connectivity index (χ2v) is 17.3. The summed E-state index contributed by atoms with van der Waals surface area (Å²) in [5.41, 5.74) is 0. The van der Waals surface area contributed by atoms with Gasteiger partial charge < -0.3 is 39.9 Å². The van der Waals surface area contributed by atoms with E-state index in [4.69, 9.17) is 18.5 Å². The van der Waals surface area contributed by atoms with E-state index in [0.717, 1.165) is 89.9 Å². The predicted octanol–water partition coefficient (Wildman–Crippen LogP) is 8.94. The topological polar surface area (TPSA) is 210 Å². The van der Waals surface area contributed by atoms with Gasteiger partial charge in [-0.25, -0.2) is 4.57 Å². The number of phosphoric ester groups is 1. The zero-order chi connectivity index (χ0) is 45.0. The average molecular weight is 885 g/mol. The van der Waals surface area contributed by atoms with Crippen LogP contribution in [0.5, 0.6) is 0 Å². The molecule has 0 spiro atoms. The van der Waals surface area contributed by atoms with E-state index in [0.29, 0.717) is 12.8 Å². The molecule has 1 fully saturated rings. The van der Waals surface area contributed by atoms with E-state index in [9.17, 15) is 44.6 Å². The lowest BCUT2D eigenvalue weighted by molar-refractivity contribution is -0.220. The van der Waals surface area contributed by atoms with Crippen molar-refractivity contribution in [3.05, 3.63) is 60.8 Å². The molecule has 1 rings (SSSR count). The molecule has 0 aromatic heterocycles. The number of aliphatic hydroxyl groups excluding tert-OH is 5. The highest BCUT2D eigenvalue weighted by molar-refractivity contribution is 7.47. The summed E-state index contributed by atoms with van der Waals surface area (Å²) in [4.78, 5) is 35.7. The van der Waals surface area contributed by atoms with Crippen molar-refractivity contribution in [1.82, 2.24) is 0 Å². The number of phosphoric acid groups is 1. The van der Waals surface area contributed by atoms with Crippen LogP contribution in [0.4, 0.5) is 0 Å². The highest BCUT2D eigenvalue weighted by Gasteiger charge is 2.51. The fraction of sp³-hybridized carbons (Fsp3) is 0.745. The van der Waals surface area contributed by atoms with Crippen LogP contribution in [-0.2, 0) is 32.7 Å². The van der Waals surface area contributed by atoms with Crippen molar-refractivity contribution in [1.29, 1.82) is 0 Å². The first kappa shape index (κ1) is 56.6. The lowest BCUT2D eigenvalue weighted by atomic mass is 9.85. The molecule has 0 heterocycles. The van der Waals surface area contributed by atoms with Crippen molar-refractivity contribution in [2.24, 2.45) is 0 Å². The van der Waals surface area contributed by atoms with E-state index in [1.54, 1.807) is 0 Å². The van der Waals surface area contributed by atoms with Gasteiger partial charge in [0.05, 0.1) is 6.61 Å². The van der Waals surface area contributed by atoms with Crippen LogP contribution in [0.3, 0.4) is 0 Å². The van der Waals surface area contributed by atoms with Crippen LogP contribution in [-0.4, -0.2) is 98.3 Å². The minimum Gasteiger partial charge on any atom is -0.462 e. The van der Waals surface area contributed by atoms with Crippen LogP contribution < -0.4 is 0 Å². The first-order valence-corrected chi connectivity index (χ1v) is 24.6. The van der Waals surface area contributed by atoms with Crippen molar-refractivity contribution in [3.8, 4) is 0 Å². The molecule has 0 bridgehead atoms. The van der Waals surface area contributed by atoms with Gasteiger partial charge in [-0.3, -0.25) is 18.6 Å². The molecule has 1 aliphatic rings. The lowest BCUT2D eigenvalue weighted by Crippen LogP contribution is -2.64. The van der Waals surface area contributed by atoms with Crippen LogP contribution in [0.2, 0.25) is 0 Å². The maximum absolute atomic E-state index is 12.8. The molecule has 8 atom stereocenters. The van der Waals surface area contributed by atoms with E-state index in [1.165, 1.54) is 38.5 Å². The van der Waals surface area contributed by atoms with Gasteiger partial charge in [0, 0.05) is 12.8 Å². The molecule has 0 radical (unpaired) electrons. The second-order valence-electron chi connectivity index (χ2n) is 15.9.